The normalized spacial score (nSPS) is 11.1. The van der Waals surface area contributed by atoms with Crippen LogP contribution in [0.4, 0.5) is 17.2 Å². The van der Waals surface area contributed by atoms with Gasteiger partial charge in [0.25, 0.3) is 0 Å². The molecule has 0 saturated carbocycles. The number of aryl methyl sites for hydroxylation is 1. The number of aromatic nitrogens is 1. The number of carboxylic acids is 1. The second-order valence-corrected chi connectivity index (χ2v) is 7.91. The highest BCUT2D eigenvalue weighted by atomic mass is 32.2. The molecule has 0 bridgehead atoms. The predicted octanol–water partition coefficient (Wildman–Crippen LogP) is 3.09. The van der Waals surface area contributed by atoms with Gasteiger partial charge in [0.15, 0.2) is 0 Å². The summed E-state index contributed by atoms with van der Waals surface area (Å²) >= 11 is 0. The lowest BCUT2D eigenvalue weighted by Crippen LogP contribution is -2.17. The predicted molar refractivity (Wildman–Crippen MR) is 111 cm³/mol. The van der Waals surface area contributed by atoms with Gasteiger partial charge in [0, 0.05) is 12.2 Å². The Labute approximate surface area is 168 Å². The van der Waals surface area contributed by atoms with Gasteiger partial charge in [-0.15, -0.1) is 0 Å². The Bertz CT molecular complexity index is 1150. The number of carboxylic acid groups (broad SMARTS) is 1. The highest BCUT2D eigenvalue weighted by Crippen LogP contribution is 2.34. The summed E-state index contributed by atoms with van der Waals surface area (Å²) in [7, 11) is -4.22. The van der Waals surface area contributed by atoms with Crippen molar-refractivity contribution in [3.8, 4) is 0 Å². The molecule has 29 heavy (non-hydrogen) atoms. The molecule has 5 N–H and O–H groups in total. The van der Waals surface area contributed by atoms with Crippen molar-refractivity contribution in [2.24, 2.45) is 5.14 Å². The molecule has 2 aromatic carbocycles. The lowest BCUT2D eigenvalue weighted by Gasteiger charge is -2.18. The third-order valence-electron chi connectivity index (χ3n) is 4.12. The Morgan fingerprint density at radius 3 is 2.45 bits per heavy atom. The molecule has 150 valence electrons. The van der Waals surface area contributed by atoms with Crippen LogP contribution in [0.25, 0.3) is 0 Å². The van der Waals surface area contributed by atoms with Crippen LogP contribution < -0.4 is 15.8 Å². The van der Waals surface area contributed by atoms with Gasteiger partial charge in [-0.1, -0.05) is 36.4 Å². The SMILES string of the molecule is Cc1cccc(Nc2c(NCc3ccccc3)cc(C(=O)O)cc2S(N)(=O)=O)n1. The molecule has 0 radical (unpaired) electrons. The number of carbonyl (C=O) groups is 1. The number of nitrogens with two attached hydrogens (primary N) is 1. The minimum Gasteiger partial charge on any atom is -0.478 e. The summed E-state index contributed by atoms with van der Waals surface area (Å²) < 4.78 is 24.4. The maximum absolute atomic E-state index is 12.2. The van der Waals surface area contributed by atoms with Gasteiger partial charge in [0.2, 0.25) is 10.0 Å². The van der Waals surface area contributed by atoms with E-state index in [0.717, 1.165) is 17.3 Å². The van der Waals surface area contributed by atoms with Crippen molar-refractivity contribution < 1.29 is 18.3 Å². The molecule has 0 aliphatic rings. The van der Waals surface area contributed by atoms with E-state index in [0.29, 0.717) is 12.4 Å². The summed E-state index contributed by atoms with van der Waals surface area (Å²) in [5, 5.41) is 20.8. The van der Waals surface area contributed by atoms with Crippen LogP contribution in [-0.2, 0) is 16.6 Å². The number of primary sulfonamides is 1. The molecule has 8 nitrogen and oxygen atoms in total. The topological polar surface area (TPSA) is 134 Å². The number of anilines is 3. The van der Waals surface area contributed by atoms with E-state index in [1.807, 2.05) is 30.3 Å². The summed E-state index contributed by atoms with van der Waals surface area (Å²) in [6.45, 7) is 2.15. The Morgan fingerprint density at radius 1 is 1.10 bits per heavy atom. The van der Waals surface area contributed by atoms with Crippen molar-refractivity contribution in [2.45, 2.75) is 18.4 Å². The third kappa shape index (κ3) is 5.09. The second-order valence-electron chi connectivity index (χ2n) is 6.38. The Hall–Kier alpha value is -3.43. The summed E-state index contributed by atoms with van der Waals surface area (Å²) in [4.78, 5) is 15.5. The number of hydrogen-bond donors (Lipinski definition) is 4. The fourth-order valence-corrected chi connectivity index (χ4v) is 3.50. The third-order valence-corrected chi connectivity index (χ3v) is 5.06. The van der Waals surface area contributed by atoms with Crippen LogP contribution in [0, 0.1) is 6.92 Å². The maximum Gasteiger partial charge on any atom is 0.335 e. The molecule has 3 rings (SSSR count). The van der Waals surface area contributed by atoms with E-state index in [-0.39, 0.29) is 21.8 Å². The molecule has 0 saturated heterocycles. The van der Waals surface area contributed by atoms with Gasteiger partial charge in [-0.2, -0.15) is 0 Å². The van der Waals surface area contributed by atoms with Crippen molar-refractivity contribution in [3.05, 3.63) is 77.5 Å². The molecule has 0 atom stereocenters. The van der Waals surface area contributed by atoms with E-state index < -0.39 is 16.0 Å². The van der Waals surface area contributed by atoms with E-state index in [4.69, 9.17) is 5.14 Å². The van der Waals surface area contributed by atoms with Gasteiger partial charge in [0.1, 0.15) is 10.7 Å². The van der Waals surface area contributed by atoms with E-state index in [1.165, 1.54) is 6.07 Å². The van der Waals surface area contributed by atoms with Crippen LogP contribution in [0.15, 0.2) is 65.6 Å². The van der Waals surface area contributed by atoms with Gasteiger partial charge in [-0.05, 0) is 36.8 Å². The molecule has 0 unspecified atom stereocenters. The average molecular weight is 412 g/mol. The lowest BCUT2D eigenvalue weighted by atomic mass is 10.1. The van der Waals surface area contributed by atoms with Crippen molar-refractivity contribution in [1.29, 1.82) is 0 Å². The van der Waals surface area contributed by atoms with Gasteiger partial charge in [-0.3, -0.25) is 0 Å². The Balaban J connectivity index is 2.11. The molecular formula is C20H20N4O4S. The number of aromatic carboxylic acids is 1. The number of pyridine rings is 1. The zero-order chi connectivity index (χ0) is 21.0. The van der Waals surface area contributed by atoms with Crippen molar-refractivity contribution in [3.63, 3.8) is 0 Å². The van der Waals surface area contributed by atoms with Crippen molar-refractivity contribution in [1.82, 2.24) is 4.98 Å². The highest BCUT2D eigenvalue weighted by Gasteiger charge is 2.22. The zero-order valence-corrected chi connectivity index (χ0v) is 16.4. The minimum atomic E-state index is -4.22. The molecule has 1 aromatic heterocycles. The largest absolute Gasteiger partial charge is 0.478 e. The summed E-state index contributed by atoms with van der Waals surface area (Å²) in [6.07, 6.45) is 0. The van der Waals surface area contributed by atoms with Gasteiger partial charge in [-0.25, -0.2) is 23.3 Å². The molecule has 0 amide bonds. The molecule has 1 heterocycles. The highest BCUT2D eigenvalue weighted by molar-refractivity contribution is 7.89. The number of benzene rings is 2. The maximum atomic E-state index is 12.2. The molecular weight excluding hydrogens is 392 g/mol. The van der Waals surface area contributed by atoms with Crippen molar-refractivity contribution >= 4 is 33.2 Å². The van der Waals surface area contributed by atoms with Crippen LogP contribution in [0.1, 0.15) is 21.6 Å². The zero-order valence-electron chi connectivity index (χ0n) is 15.6. The van der Waals surface area contributed by atoms with Crippen LogP contribution in [0.5, 0.6) is 0 Å². The summed E-state index contributed by atoms with van der Waals surface area (Å²) in [6, 6.07) is 17.0. The first-order chi connectivity index (χ1) is 13.7. The van der Waals surface area contributed by atoms with Gasteiger partial charge >= 0.3 is 5.97 Å². The number of rotatable bonds is 7. The molecule has 0 spiro atoms. The monoisotopic (exact) mass is 412 g/mol. The Kier molecular flexibility index (Phi) is 5.81. The average Bonchev–Trinajstić information content (AvgIpc) is 2.66. The standard InChI is InChI=1S/C20H20N4O4S/c1-13-6-5-9-18(23-13)24-19-16(22-12-14-7-3-2-4-8-14)10-15(20(25)26)11-17(19)29(21,27)28/h2-11,22H,12H2,1H3,(H,23,24)(H,25,26)(H2,21,27,28). The fraction of sp³-hybridized carbons (Fsp3) is 0.100. The summed E-state index contributed by atoms with van der Waals surface area (Å²) in [5.74, 6) is -0.862. The van der Waals surface area contributed by atoms with Gasteiger partial charge < -0.3 is 15.7 Å². The van der Waals surface area contributed by atoms with Crippen molar-refractivity contribution in [2.75, 3.05) is 10.6 Å². The lowest BCUT2D eigenvalue weighted by molar-refractivity contribution is 0.0696. The first kappa shape index (κ1) is 20.3. The second kappa shape index (κ2) is 8.29. The molecule has 0 aliphatic carbocycles. The fourth-order valence-electron chi connectivity index (χ4n) is 2.77. The minimum absolute atomic E-state index is 0.131. The Morgan fingerprint density at radius 2 is 1.83 bits per heavy atom. The molecule has 9 heteroatoms. The van der Waals surface area contributed by atoms with Crippen LogP contribution in [0.3, 0.4) is 0 Å². The van der Waals surface area contributed by atoms with E-state index in [2.05, 4.69) is 15.6 Å². The quantitative estimate of drug-likeness (QED) is 0.468. The number of nitrogens with zero attached hydrogens (tertiary/aromatic N) is 1. The van der Waals surface area contributed by atoms with E-state index in [1.54, 1.807) is 25.1 Å². The molecule has 3 aromatic rings. The number of sulfonamides is 1. The molecule has 0 fully saturated rings. The van der Waals surface area contributed by atoms with Gasteiger partial charge in [0.05, 0.1) is 16.9 Å². The van der Waals surface area contributed by atoms with E-state index in [9.17, 15) is 18.3 Å². The smallest absolute Gasteiger partial charge is 0.335 e. The molecule has 0 aliphatic heterocycles. The number of hydrogen-bond acceptors (Lipinski definition) is 6. The number of nitrogens with one attached hydrogen (secondary N) is 2. The van der Waals surface area contributed by atoms with Crippen LogP contribution in [0.2, 0.25) is 0 Å². The van der Waals surface area contributed by atoms with E-state index >= 15 is 0 Å². The summed E-state index contributed by atoms with van der Waals surface area (Å²) in [5.41, 5.74) is 1.87. The first-order valence-electron chi connectivity index (χ1n) is 8.66. The first-order valence-corrected chi connectivity index (χ1v) is 10.2. The van der Waals surface area contributed by atoms with Crippen LogP contribution >= 0.6 is 0 Å². The van der Waals surface area contributed by atoms with Crippen LogP contribution in [-0.4, -0.2) is 24.5 Å².